The van der Waals surface area contributed by atoms with Crippen LogP contribution in [0.1, 0.15) is 37.8 Å². The molecule has 158 valence electrons. The van der Waals surface area contributed by atoms with E-state index in [9.17, 15) is 8.78 Å². The Morgan fingerprint density at radius 1 is 0.800 bits per heavy atom. The van der Waals surface area contributed by atoms with Crippen molar-refractivity contribution in [3.8, 4) is 17.2 Å². The van der Waals surface area contributed by atoms with Gasteiger partial charge in [-0.15, -0.1) is 8.78 Å². The summed E-state index contributed by atoms with van der Waals surface area (Å²) in [5.74, 6) is 1.68. The van der Waals surface area contributed by atoms with E-state index in [0.717, 1.165) is 36.3 Å². The van der Waals surface area contributed by atoms with Crippen LogP contribution in [0, 0.1) is 0 Å². The second kappa shape index (κ2) is 9.48. The van der Waals surface area contributed by atoms with Crippen LogP contribution in [0.3, 0.4) is 0 Å². The number of halogens is 3. The van der Waals surface area contributed by atoms with Gasteiger partial charge in [-0.3, -0.25) is 0 Å². The van der Waals surface area contributed by atoms with Crippen molar-refractivity contribution in [2.75, 3.05) is 0 Å². The Morgan fingerprint density at radius 3 is 2.13 bits per heavy atom. The number of benzene rings is 3. The second-order valence-corrected chi connectivity index (χ2v) is 8.31. The highest BCUT2D eigenvalue weighted by molar-refractivity contribution is 6.20. The molecule has 0 radical (unpaired) electrons. The highest BCUT2D eigenvalue weighted by Gasteiger charge is 2.28. The monoisotopic (exact) mass is 430 g/mol. The van der Waals surface area contributed by atoms with Crippen LogP contribution in [0.4, 0.5) is 8.78 Å². The fourth-order valence-electron chi connectivity index (χ4n) is 3.38. The van der Waals surface area contributed by atoms with Gasteiger partial charge in [-0.25, -0.2) is 0 Å². The Balaban J connectivity index is 1.55. The van der Waals surface area contributed by atoms with Crippen LogP contribution in [0.5, 0.6) is 17.2 Å². The summed E-state index contributed by atoms with van der Waals surface area (Å²) < 4.78 is 35.8. The van der Waals surface area contributed by atoms with Crippen LogP contribution >= 0.6 is 11.6 Å². The van der Waals surface area contributed by atoms with Crippen molar-refractivity contribution in [2.45, 2.75) is 44.1 Å². The number of hydrogen-bond acceptors (Lipinski definition) is 2. The van der Waals surface area contributed by atoms with Gasteiger partial charge in [0.2, 0.25) is 0 Å². The van der Waals surface area contributed by atoms with Gasteiger partial charge in [0.05, 0.1) is 0 Å². The molecule has 0 spiro atoms. The maximum atomic E-state index is 12.8. The second-order valence-electron chi connectivity index (χ2n) is 7.87. The smallest absolute Gasteiger partial charge is 0.457 e. The van der Waals surface area contributed by atoms with Crippen molar-refractivity contribution >= 4 is 11.6 Å². The third-order valence-corrected chi connectivity index (χ3v) is 5.09. The summed E-state index contributed by atoms with van der Waals surface area (Å²) in [6.45, 7) is 4.29. The zero-order chi connectivity index (χ0) is 21.6. The largest absolute Gasteiger partial charge is 0.487 e. The average molecular weight is 431 g/mol. The first-order valence-corrected chi connectivity index (χ1v) is 10.3. The van der Waals surface area contributed by atoms with Crippen LogP contribution in [-0.4, -0.2) is 5.57 Å². The number of rotatable bonds is 9. The summed E-state index contributed by atoms with van der Waals surface area (Å²) in [5.41, 5.74) is -1.52. The minimum absolute atomic E-state index is 0.0461. The standard InChI is InChI=1S/C25H25ClF2O2/c1-24(2,20-13-15-22(16-14-20)30-25(26,27)28)17-7-9-19-8-6-12-23(18-19)29-21-10-4-3-5-11-21/h3-6,8,10-16,18H,7,9,17H2,1-2H3. The average Bonchev–Trinajstić information content (AvgIpc) is 2.68. The van der Waals surface area contributed by atoms with E-state index in [0.29, 0.717) is 0 Å². The molecular weight excluding hydrogens is 406 g/mol. The van der Waals surface area contributed by atoms with Gasteiger partial charge in [-0.1, -0.05) is 56.3 Å². The Morgan fingerprint density at radius 2 is 1.47 bits per heavy atom. The lowest BCUT2D eigenvalue weighted by molar-refractivity contribution is -0.0964. The van der Waals surface area contributed by atoms with Crippen molar-refractivity contribution in [1.29, 1.82) is 0 Å². The molecule has 0 amide bonds. The zero-order valence-corrected chi connectivity index (χ0v) is 17.8. The molecule has 0 N–H and O–H groups in total. The predicted octanol–water partition coefficient (Wildman–Crippen LogP) is 7.95. The maximum absolute atomic E-state index is 12.8. The number of alkyl halides is 3. The lowest BCUT2D eigenvalue weighted by Gasteiger charge is -2.25. The molecule has 3 aromatic rings. The highest BCUT2D eigenvalue weighted by Crippen LogP contribution is 2.32. The molecule has 0 aliphatic heterocycles. The van der Waals surface area contributed by atoms with Crippen molar-refractivity contribution in [3.05, 3.63) is 90.0 Å². The first kappa shape index (κ1) is 22.1. The molecule has 0 aliphatic rings. The van der Waals surface area contributed by atoms with Gasteiger partial charge in [0.15, 0.2) is 0 Å². The fourth-order valence-corrected chi connectivity index (χ4v) is 3.46. The molecule has 0 saturated carbocycles. The summed E-state index contributed by atoms with van der Waals surface area (Å²) >= 11 is 4.82. The molecule has 0 aromatic heterocycles. The molecule has 2 nitrogen and oxygen atoms in total. The van der Waals surface area contributed by atoms with Crippen LogP contribution < -0.4 is 9.47 Å². The molecule has 5 heteroatoms. The topological polar surface area (TPSA) is 18.5 Å². The highest BCUT2D eigenvalue weighted by atomic mass is 35.5. The summed E-state index contributed by atoms with van der Waals surface area (Å²) in [7, 11) is 0. The molecule has 3 aromatic carbocycles. The lowest BCUT2D eigenvalue weighted by Crippen LogP contribution is -2.18. The minimum atomic E-state index is -3.70. The molecule has 0 atom stereocenters. The molecule has 0 fully saturated rings. The third kappa shape index (κ3) is 6.74. The molecule has 0 heterocycles. The van der Waals surface area contributed by atoms with Gasteiger partial charge in [0.1, 0.15) is 17.2 Å². The van der Waals surface area contributed by atoms with Gasteiger partial charge in [-0.05, 0) is 72.2 Å². The summed E-state index contributed by atoms with van der Waals surface area (Å²) in [6.07, 6.45) is 2.86. The van der Waals surface area contributed by atoms with Crippen LogP contribution in [0.2, 0.25) is 0 Å². The molecule has 0 unspecified atom stereocenters. The van der Waals surface area contributed by atoms with Gasteiger partial charge in [0, 0.05) is 11.6 Å². The van der Waals surface area contributed by atoms with E-state index in [4.69, 9.17) is 16.3 Å². The summed E-state index contributed by atoms with van der Waals surface area (Å²) in [6, 6.07) is 24.5. The van der Waals surface area contributed by atoms with E-state index < -0.39 is 5.57 Å². The van der Waals surface area contributed by atoms with E-state index in [-0.39, 0.29) is 11.2 Å². The predicted molar refractivity (Wildman–Crippen MR) is 117 cm³/mol. The first-order chi connectivity index (χ1) is 14.2. The summed E-state index contributed by atoms with van der Waals surface area (Å²) in [5, 5.41) is 0. The van der Waals surface area contributed by atoms with E-state index in [1.54, 1.807) is 0 Å². The first-order valence-electron chi connectivity index (χ1n) is 9.89. The van der Waals surface area contributed by atoms with Gasteiger partial charge < -0.3 is 9.47 Å². The SMILES string of the molecule is CC(C)(CCCc1cccc(Oc2ccccc2)c1)c1ccc(OC(F)(F)Cl)cc1. The number of ether oxygens (including phenoxy) is 2. The van der Waals surface area contributed by atoms with Crippen LogP contribution in [-0.2, 0) is 11.8 Å². The van der Waals surface area contributed by atoms with Crippen LogP contribution in [0.25, 0.3) is 0 Å². The lowest BCUT2D eigenvalue weighted by atomic mass is 9.80. The minimum Gasteiger partial charge on any atom is -0.457 e. The molecule has 0 bridgehead atoms. The van der Waals surface area contributed by atoms with Crippen molar-refractivity contribution in [3.63, 3.8) is 0 Å². The molecule has 30 heavy (non-hydrogen) atoms. The Bertz CT molecular complexity index is 935. The third-order valence-electron chi connectivity index (χ3n) is 5.01. The number of aryl methyl sites for hydroxylation is 1. The fraction of sp³-hybridized carbons (Fsp3) is 0.280. The van der Waals surface area contributed by atoms with E-state index in [1.165, 1.54) is 17.7 Å². The quantitative estimate of drug-likeness (QED) is 0.321. The molecule has 0 saturated heterocycles. The maximum Gasteiger partial charge on any atom is 0.487 e. The van der Waals surface area contributed by atoms with Crippen LogP contribution in [0.15, 0.2) is 78.9 Å². The van der Waals surface area contributed by atoms with Gasteiger partial charge >= 0.3 is 5.57 Å². The zero-order valence-electron chi connectivity index (χ0n) is 17.1. The van der Waals surface area contributed by atoms with E-state index in [1.807, 2.05) is 54.6 Å². The van der Waals surface area contributed by atoms with Crippen molar-refractivity contribution in [1.82, 2.24) is 0 Å². The molecular formula is C25H25ClF2O2. The number of hydrogen-bond donors (Lipinski definition) is 0. The molecule has 3 rings (SSSR count). The van der Waals surface area contributed by atoms with E-state index >= 15 is 0 Å². The van der Waals surface area contributed by atoms with Gasteiger partial charge in [-0.2, -0.15) is 0 Å². The molecule has 0 aliphatic carbocycles. The van der Waals surface area contributed by atoms with E-state index in [2.05, 4.69) is 30.7 Å². The Kier molecular flexibility index (Phi) is 6.99. The summed E-state index contributed by atoms with van der Waals surface area (Å²) in [4.78, 5) is 0. The Labute approximate surface area is 181 Å². The normalized spacial score (nSPS) is 11.9. The number of para-hydroxylation sites is 1. The Hall–Kier alpha value is -2.59. The van der Waals surface area contributed by atoms with Crippen molar-refractivity contribution < 1.29 is 18.3 Å². The van der Waals surface area contributed by atoms with Gasteiger partial charge in [0.25, 0.3) is 0 Å². The van der Waals surface area contributed by atoms with Crippen molar-refractivity contribution in [2.24, 2.45) is 0 Å².